The van der Waals surface area contributed by atoms with Gasteiger partial charge >= 0.3 is 0 Å². The summed E-state index contributed by atoms with van der Waals surface area (Å²) in [6.45, 7) is 3.57. The minimum absolute atomic E-state index is 0.0139. The van der Waals surface area contributed by atoms with E-state index in [0.29, 0.717) is 12.2 Å². The first-order valence-corrected chi connectivity index (χ1v) is 6.48. The molecule has 1 heterocycles. The zero-order valence-electron chi connectivity index (χ0n) is 12.0. The van der Waals surface area contributed by atoms with E-state index in [1.165, 1.54) is 5.56 Å². The molecular weight excluding hydrogens is 238 g/mol. The van der Waals surface area contributed by atoms with Crippen molar-refractivity contribution in [2.45, 2.75) is 6.92 Å². The average Bonchev–Trinajstić information content (AvgIpc) is 2.68. The molecule has 0 saturated heterocycles. The topological polar surface area (TPSA) is 37.3 Å². The largest absolute Gasteiger partial charge is 0.349 e. The van der Waals surface area contributed by atoms with Crippen LogP contribution in [0.2, 0.25) is 0 Å². The van der Waals surface area contributed by atoms with Crippen molar-refractivity contribution in [3.63, 3.8) is 0 Å². The average molecular weight is 259 g/mol. The number of nitrogens with zero attached hydrogens (tertiary/aromatic N) is 2. The lowest BCUT2D eigenvalue weighted by atomic mass is 10.1. The lowest BCUT2D eigenvalue weighted by Crippen LogP contribution is -2.32. The molecule has 0 aliphatic heterocycles. The molecule has 4 nitrogen and oxygen atoms in total. The molecule has 0 aliphatic rings. The van der Waals surface area contributed by atoms with Gasteiger partial charge in [-0.05, 0) is 38.7 Å². The second kappa shape index (κ2) is 5.45. The highest BCUT2D eigenvalue weighted by Crippen LogP contribution is 2.21. The standard InChI is InChI=1S/C15H21N3O/c1-11-6-5-7-13-12(11)10-14(18(13)4)15(19)16-8-9-17(2)3/h5-7,10H,8-9H2,1-4H3,(H,16,19). The monoisotopic (exact) mass is 259 g/mol. The molecule has 2 rings (SSSR count). The van der Waals surface area contributed by atoms with Crippen LogP contribution in [0.4, 0.5) is 0 Å². The van der Waals surface area contributed by atoms with Crippen molar-refractivity contribution in [2.24, 2.45) is 7.05 Å². The van der Waals surface area contributed by atoms with Gasteiger partial charge in [0.2, 0.25) is 0 Å². The number of nitrogens with one attached hydrogen (secondary N) is 1. The van der Waals surface area contributed by atoms with Crippen LogP contribution in [0.25, 0.3) is 10.9 Å². The molecule has 0 atom stereocenters. The maximum Gasteiger partial charge on any atom is 0.267 e. The molecule has 2 aromatic rings. The van der Waals surface area contributed by atoms with E-state index in [0.717, 1.165) is 17.4 Å². The van der Waals surface area contributed by atoms with Crippen LogP contribution in [0.5, 0.6) is 0 Å². The van der Waals surface area contributed by atoms with E-state index < -0.39 is 0 Å². The number of aryl methyl sites for hydroxylation is 2. The summed E-state index contributed by atoms with van der Waals surface area (Å²) in [6.07, 6.45) is 0. The Bertz CT molecular complexity index is 599. The number of carbonyl (C=O) groups is 1. The van der Waals surface area contributed by atoms with Gasteiger partial charge in [-0.15, -0.1) is 0 Å². The number of fused-ring (bicyclic) bond motifs is 1. The lowest BCUT2D eigenvalue weighted by molar-refractivity contribution is 0.0943. The van der Waals surface area contributed by atoms with Crippen molar-refractivity contribution < 1.29 is 4.79 Å². The van der Waals surface area contributed by atoms with Gasteiger partial charge in [-0.25, -0.2) is 0 Å². The van der Waals surface area contributed by atoms with Crippen LogP contribution in [-0.4, -0.2) is 42.6 Å². The van der Waals surface area contributed by atoms with Gasteiger partial charge in [0, 0.05) is 31.0 Å². The molecular formula is C15H21N3O. The third-order valence-electron chi connectivity index (χ3n) is 3.38. The molecule has 0 unspecified atom stereocenters. The van der Waals surface area contributed by atoms with Gasteiger partial charge in [-0.3, -0.25) is 4.79 Å². The number of aromatic nitrogens is 1. The summed E-state index contributed by atoms with van der Waals surface area (Å²) in [4.78, 5) is 14.2. The van der Waals surface area contributed by atoms with Gasteiger partial charge in [0.1, 0.15) is 5.69 Å². The Morgan fingerprint density at radius 1 is 1.37 bits per heavy atom. The SMILES string of the molecule is Cc1cccc2c1cc(C(=O)NCCN(C)C)n2C. The third kappa shape index (κ3) is 2.79. The Hall–Kier alpha value is -1.81. The molecule has 0 spiro atoms. The van der Waals surface area contributed by atoms with Crippen molar-refractivity contribution in [1.82, 2.24) is 14.8 Å². The summed E-state index contributed by atoms with van der Waals surface area (Å²) >= 11 is 0. The fourth-order valence-corrected chi connectivity index (χ4v) is 2.21. The number of likely N-dealkylation sites (N-methyl/N-ethyl adjacent to an activating group) is 1. The second-order valence-corrected chi connectivity index (χ2v) is 5.16. The minimum atomic E-state index is -0.0139. The predicted octanol–water partition coefficient (Wildman–Crippen LogP) is 1.78. The fourth-order valence-electron chi connectivity index (χ4n) is 2.21. The van der Waals surface area contributed by atoms with Crippen LogP contribution >= 0.6 is 0 Å². The summed E-state index contributed by atoms with van der Waals surface area (Å²) in [5.74, 6) is -0.0139. The van der Waals surface area contributed by atoms with Crippen molar-refractivity contribution in [1.29, 1.82) is 0 Å². The van der Waals surface area contributed by atoms with Gasteiger partial charge in [-0.2, -0.15) is 0 Å². The van der Waals surface area contributed by atoms with Gasteiger partial charge in [0.25, 0.3) is 5.91 Å². The van der Waals surface area contributed by atoms with E-state index in [9.17, 15) is 4.79 Å². The highest BCUT2D eigenvalue weighted by molar-refractivity contribution is 5.99. The van der Waals surface area contributed by atoms with Gasteiger partial charge in [-0.1, -0.05) is 12.1 Å². The molecule has 102 valence electrons. The van der Waals surface area contributed by atoms with Crippen LogP contribution in [0.1, 0.15) is 16.1 Å². The second-order valence-electron chi connectivity index (χ2n) is 5.16. The fraction of sp³-hybridized carbons (Fsp3) is 0.400. The molecule has 0 saturated carbocycles. The summed E-state index contributed by atoms with van der Waals surface area (Å²) in [6, 6.07) is 8.09. The summed E-state index contributed by atoms with van der Waals surface area (Å²) in [7, 11) is 5.92. The smallest absolute Gasteiger partial charge is 0.267 e. The quantitative estimate of drug-likeness (QED) is 0.908. The van der Waals surface area contributed by atoms with Crippen LogP contribution < -0.4 is 5.32 Å². The molecule has 1 N–H and O–H groups in total. The summed E-state index contributed by atoms with van der Waals surface area (Å²) in [5.41, 5.74) is 3.00. The summed E-state index contributed by atoms with van der Waals surface area (Å²) in [5, 5.41) is 4.09. The Morgan fingerprint density at radius 3 is 2.74 bits per heavy atom. The highest BCUT2D eigenvalue weighted by Gasteiger charge is 2.13. The molecule has 1 amide bonds. The Balaban J connectivity index is 2.23. The van der Waals surface area contributed by atoms with Crippen LogP contribution in [0, 0.1) is 6.92 Å². The Kier molecular flexibility index (Phi) is 3.90. The van der Waals surface area contributed by atoms with E-state index in [4.69, 9.17) is 0 Å². The molecule has 0 bridgehead atoms. The minimum Gasteiger partial charge on any atom is -0.349 e. The zero-order chi connectivity index (χ0) is 14.0. The molecule has 4 heteroatoms. The number of benzene rings is 1. The maximum atomic E-state index is 12.2. The van der Waals surface area contributed by atoms with Crippen LogP contribution in [-0.2, 0) is 7.05 Å². The number of amides is 1. The molecule has 0 fully saturated rings. The first-order chi connectivity index (χ1) is 9.00. The highest BCUT2D eigenvalue weighted by atomic mass is 16.1. The number of rotatable bonds is 4. The van der Waals surface area contributed by atoms with Crippen molar-refractivity contribution in [2.75, 3.05) is 27.2 Å². The first kappa shape index (κ1) is 13.6. The first-order valence-electron chi connectivity index (χ1n) is 6.48. The number of hydrogen-bond acceptors (Lipinski definition) is 2. The van der Waals surface area contributed by atoms with Gasteiger partial charge < -0.3 is 14.8 Å². The third-order valence-corrected chi connectivity index (χ3v) is 3.38. The van der Waals surface area contributed by atoms with E-state index >= 15 is 0 Å². The van der Waals surface area contributed by atoms with E-state index in [2.05, 4.69) is 18.3 Å². The van der Waals surface area contributed by atoms with E-state index in [1.807, 2.05) is 48.8 Å². The Morgan fingerprint density at radius 2 is 2.11 bits per heavy atom. The van der Waals surface area contributed by atoms with Crippen molar-refractivity contribution in [3.8, 4) is 0 Å². The maximum absolute atomic E-state index is 12.2. The predicted molar refractivity (Wildman–Crippen MR) is 78.5 cm³/mol. The molecule has 19 heavy (non-hydrogen) atoms. The summed E-state index contributed by atoms with van der Waals surface area (Å²) < 4.78 is 1.95. The van der Waals surface area contributed by atoms with Crippen molar-refractivity contribution in [3.05, 3.63) is 35.5 Å². The molecule has 0 radical (unpaired) electrons. The lowest BCUT2D eigenvalue weighted by Gasteiger charge is -2.10. The number of carbonyl (C=O) groups excluding carboxylic acids is 1. The molecule has 0 aliphatic carbocycles. The van der Waals surface area contributed by atoms with E-state index in [-0.39, 0.29) is 5.91 Å². The molecule has 1 aromatic heterocycles. The Labute approximate surface area is 114 Å². The van der Waals surface area contributed by atoms with Crippen molar-refractivity contribution >= 4 is 16.8 Å². The van der Waals surface area contributed by atoms with Crippen LogP contribution in [0.3, 0.4) is 0 Å². The molecule has 1 aromatic carbocycles. The normalized spacial score (nSPS) is 11.2. The zero-order valence-corrected chi connectivity index (χ0v) is 12.0. The van der Waals surface area contributed by atoms with E-state index in [1.54, 1.807) is 0 Å². The van der Waals surface area contributed by atoms with Gasteiger partial charge in [0.05, 0.1) is 0 Å². The number of hydrogen-bond donors (Lipinski definition) is 1. The van der Waals surface area contributed by atoms with Gasteiger partial charge in [0.15, 0.2) is 0 Å². The van der Waals surface area contributed by atoms with Crippen LogP contribution in [0.15, 0.2) is 24.3 Å².